The predicted molar refractivity (Wildman–Crippen MR) is 62.0 cm³/mol. The molecule has 2 atom stereocenters. The van der Waals surface area contributed by atoms with E-state index in [1.807, 2.05) is 13.8 Å². The van der Waals surface area contributed by atoms with Crippen molar-refractivity contribution in [2.75, 3.05) is 0 Å². The smallest absolute Gasteiger partial charge is 0.187 e. The van der Waals surface area contributed by atoms with Gasteiger partial charge in [0.05, 0.1) is 6.20 Å². The number of rotatable bonds is 6. The van der Waals surface area contributed by atoms with E-state index in [-0.39, 0.29) is 17.7 Å². The molecule has 0 aliphatic rings. The molecule has 0 amide bonds. The number of carbonyl (C=O) groups is 1. The summed E-state index contributed by atoms with van der Waals surface area (Å²) in [6.07, 6.45) is 4.45. The lowest BCUT2D eigenvalue weighted by Crippen LogP contribution is -2.16. The minimum absolute atomic E-state index is 0.00421. The van der Waals surface area contributed by atoms with Gasteiger partial charge < -0.3 is 5.73 Å². The summed E-state index contributed by atoms with van der Waals surface area (Å²) in [4.78, 5) is 11.9. The minimum atomic E-state index is -0.00421. The maximum absolute atomic E-state index is 11.9. The lowest BCUT2D eigenvalue weighted by Gasteiger charge is -2.09. The highest BCUT2D eigenvalue weighted by Crippen LogP contribution is 2.13. The Morgan fingerprint density at radius 2 is 2.19 bits per heavy atom. The van der Waals surface area contributed by atoms with Crippen LogP contribution in [0.5, 0.6) is 0 Å². The zero-order valence-electron chi connectivity index (χ0n) is 10.2. The number of Topliss-reactive ketones (excluding diaryl/α,β-unsaturated/α-hetero) is 1. The van der Waals surface area contributed by atoms with Gasteiger partial charge in [-0.05, 0) is 19.8 Å². The van der Waals surface area contributed by atoms with Gasteiger partial charge in [0, 0.05) is 19.0 Å². The van der Waals surface area contributed by atoms with Crippen LogP contribution in [0.15, 0.2) is 6.20 Å². The van der Waals surface area contributed by atoms with Crippen molar-refractivity contribution in [2.24, 2.45) is 18.7 Å². The number of hydrogen-bond acceptors (Lipinski definition) is 4. The molecule has 1 heterocycles. The Bertz CT molecular complexity index is 346. The van der Waals surface area contributed by atoms with Crippen LogP contribution in [0.25, 0.3) is 0 Å². The van der Waals surface area contributed by atoms with E-state index in [0.29, 0.717) is 5.69 Å². The van der Waals surface area contributed by atoms with Crippen molar-refractivity contribution in [2.45, 2.75) is 39.2 Å². The van der Waals surface area contributed by atoms with Crippen molar-refractivity contribution in [3.05, 3.63) is 11.9 Å². The number of nitrogens with two attached hydrogens (primary N) is 1. The molecule has 0 fully saturated rings. The molecule has 0 saturated heterocycles. The lowest BCUT2D eigenvalue weighted by atomic mass is 9.96. The molecule has 1 rings (SSSR count). The molecule has 0 spiro atoms. The van der Waals surface area contributed by atoms with Crippen molar-refractivity contribution in [3.8, 4) is 0 Å². The van der Waals surface area contributed by atoms with Gasteiger partial charge in [-0.3, -0.25) is 9.48 Å². The zero-order chi connectivity index (χ0) is 12.1. The summed E-state index contributed by atoms with van der Waals surface area (Å²) < 4.78 is 1.54. The standard InChI is InChI=1S/C11H20N4O/c1-8(5-4-6-9(2)12)11(16)10-7-15(3)14-13-10/h7-9H,4-6,12H2,1-3H3. The summed E-state index contributed by atoms with van der Waals surface area (Å²) >= 11 is 0. The Balaban J connectivity index is 2.42. The fourth-order valence-electron chi connectivity index (χ4n) is 1.59. The molecular formula is C11H20N4O. The van der Waals surface area contributed by atoms with Crippen LogP contribution in [0, 0.1) is 5.92 Å². The molecule has 0 aliphatic carbocycles. The van der Waals surface area contributed by atoms with Crippen molar-refractivity contribution in [1.82, 2.24) is 15.0 Å². The van der Waals surface area contributed by atoms with Gasteiger partial charge in [-0.1, -0.05) is 18.6 Å². The van der Waals surface area contributed by atoms with E-state index in [9.17, 15) is 4.79 Å². The Morgan fingerprint density at radius 1 is 1.50 bits per heavy atom. The van der Waals surface area contributed by atoms with Crippen LogP contribution in [0.4, 0.5) is 0 Å². The van der Waals surface area contributed by atoms with Crippen LogP contribution < -0.4 is 5.73 Å². The third-order valence-corrected chi connectivity index (χ3v) is 2.60. The van der Waals surface area contributed by atoms with Gasteiger partial charge in [0.25, 0.3) is 0 Å². The highest BCUT2D eigenvalue weighted by Gasteiger charge is 2.17. The van der Waals surface area contributed by atoms with E-state index >= 15 is 0 Å². The molecule has 0 radical (unpaired) electrons. The number of aryl methyl sites for hydroxylation is 1. The van der Waals surface area contributed by atoms with Gasteiger partial charge in [-0.25, -0.2) is 0 Å². The molecule has 0 aliphatic heterocycles. The average Bonchev–Trinajstić information content (AvgIpc) is 2.63. The molecule has 1 aromatic rings. The molecular weight excluding hydrogens is 204 g/mol. The fraction of sp³-hybridized carbons (Fsp3) is 0.727. The van der Waals surface area contributed by atoms with Crippen LogP contribution in [-0.4, -0.2) is 26.8 Å². The molecule has 5 nitrogen and oxygen atoms in total. The van der Waals surface area contributed by atoms with E-state index < -0.39 is 0 Å². The average molecular weight is 224 g/mol. The number of nitrogens with zero attached hydrogens (tertiary/aromatic N) is 3. The number of ketones is 1. The highest BCUT2D eigenvalue weighted by molar-refractivity contribution is 5.95. The first-order chi connectivity index (χ1) is 7.50. The van der Waals surface area contributed by atoms with Gasteiger partial charge >= 0.3 is 0 Å². The normalized spacial score (nSPS) is 14.8. The van der Waals surface area contributed by atoms with Crippen molar-refractivity contribution < 1.29 is 4.79 Å². The van der Waals surface area contributed by atoms with Crippen molar-refractivity contribution in [3.63, 3.8) is 0 Å². The third kappa shape index (κ3) is 3.73. The van der Waals surface area contributed by atoms with E-state index in [1.165, 1.54) is 0 Å². The van der Waals surface area contributed by atoms with Gasteiger partial charge in [0.15, 0.2) is 5.78 Å². The van der Waals surface area contributed by atoms with E-state index in [0.717, 1.165) is 19.3 Å². The van der Waals surface area contributed by atoms with Crippen LogP contribution >= 0.6 is 0 Å². The van der Waals surface area contributed by atoms with Gasteiger partial charge in [0.2, 0.25) is 0 Å². The van der Waals surface area contributed by atoms with Gasteiger partial charge in [-0.15, -0.1) is 5.10 Å². The maximum Gasteiger partial charge on any atom is 0.187 e. The second-order valence-electron chi connectivity index (χ2n) is 4.45. The first-order valence-electron chi connectivity index (χ1n) is 5.67. The maximum atomic E-state index is 11.9. The molecule has 2 N–H and O–H groups in total. The number of aromatic nitrogens is 3. The van der Waals surface area contributed by atoms with E-state index in [2.05, 4.69) is 10.3 Å². The SMILES string of the molecule is CC(N)CCCC(C)C(=O)c1cn(C)nn1. The van der Waals surface area contributed by atoms with Crippen molar-refractivity contribution in [1.29, 1.82) is 0 Å². The van der Waals surface area contributed by atoms with Gasteiger partial charge in [-0.2, -0.15) is 0 Å². The van der Waals surface area contributed by atoms with Crippen LogP contribution in [0.2, 0.25) is 0 Å². The predicted octanol–water partition coefficient (Wildman–Crippen LogP) is 1.15. The van der Waals surface area contributed by atoms with Crippen LogP contribution in [0.1, 0.15) is 43.6 Å². The Labute approximate surface area is 96.0 Å². The summed E-state index contributed by atoms with van der Waals surface area (Å²) in [6.45, 7) is 3.91. The molecule has 90 valence electrons. The first-order valence-corrected chi connectivity index (χ1v) is 5.67. The number of hydrogen-bond donors (Lipinski definition) is 1. The zero-order valence-corrected chi connectivity index (χ0v) is 10.2. The largest absolute Gasteiger partial charge is 0.328 e. The number of carbonyl (C=O) groups excluding carboxylic acids is 1. The molecule has 0 aromatic carbocycles. The van der Waals surface area contributed by atoms with Crippen LogP contribution in [-0.2, 0) is 7.05 Å². The summed E-state index contributed by atoms with van der Waals surface area (Å²) in [5.74, 6) is 0.0632. The van der Waals surface area contributed by atoms with E-state index in [4.69, 9.17) is 5.73 Å². The third-order valence-electron chi connectivity index (χ3n) is 2.60. The van der Waals surface area contributed by atoms with Crippen LogP contribution in [0.3, 0.4) is 0 Å². The fourth-order valence-corrected chi connectivity index (χ4v) is 1.59. The summed E-state index contributed by atoms with van der Waals surface area (Å²) in [7, 11) is 1.75. The lowest BCUT2D eigenvalue weighted by molar-refractivity contribution is 0.0917. The Kier molecular flexibility index (Phi) is 4.61. The molecule has 16 heavy (non-hydrogen) atoms. The highest BCUT2D eigenvalue weighted by atomic mass is 16.1. The quantitative estimate of drug-likeness (QED) is 0.736. The minimum Gasteiger partial charge on any atom is -0.328 e. The van der Waals surface area contributed by atoms with E-state index in [1.54, 1.807) is 17.9 Å². The topological polar surface area (TPSA) is 73.8 Å². The monoisotopic (exact) mass is 224 g/mol. The second-order valence-corrected chi connectivity index (χ2v) is 4.45. The molecule has 0 bridgehead atoms. The van der Waals surface area contributed by atoms with Gasteiger partial charge in [0.1, 0.15) is 5.69 Å². The Hall–Kier alpha value is -1.23. The molecule has 5 heteroatoms. The molecule has 1 aromatic heterocycles. The summed E-state index contributed by atoms with van der Waals surface area (Å²) in [5.41, 5.74) is 6.11. The molecule has 0 saturated carbocycles. The Morgan fingerprint density at radius 3 is 2.69 bits per heavy atom. The summed E-state index contributed by atoms with van der Waals surface area (Å²) in [6, 6.07) is 0.207. The van der Waals surface area contributed by atoms with Crippen molar-refractivity contribution >= 4 is 5.78 Å². The molecule has 2 unspecified atom stereocenters. The summed E-state index contributed by atoms with van der Waals surface area (Å²) in [5, 5.41) is 7.57. The second kappa shape index (κ2) is 5.75. The first kappa shape index (κ1) is 12.8.